The first-order valence-corrected chi connectivity index (χ1v) is 7.67. The summed E-state index contributed by atoms with van der Waals surface area (Å²) in [7, 11) is 0. The van der Waals surface area contributed by atoms with Gasteiger partial charge in [-0.2, -0.15) is 18.2 Å². The zero-order valence-electron chi connectivity index (χ0n) is 13.4. The molecule has 11 heteroatoms. The number of aryl methyl sites for hydroxylation is 1. The van der Waals surface area contributed by atoms with Gasteiger partial charge in [0, 0.05) is 0 Å². The Morgan fingerprint density at radius 3 is 2.69 bits per heavy atom. The molecule has 7 nitrogen and oxygen atoms in total. The maximum atomic E-state index is 13.0. The molecular weight excluding hydrogens is 379 g/mol. The molecule has 0 aliphatic heterocycles. The quantitative estimate of drug-likeness (QED) is 0.675. The van der Waals surface area contributed by atoms with E-state index < -0.39 is 28.5 Å². The molecular formula is C15H11ClF3N3O4. The number of carbonyl (C=O) groups is 1. The predicted molar refractivity (Wildman–Crippen MR) is 85.7 cm³/mol. The molecule has 2 heterocycles. The minimum Gasteiger partial charge on any atom is -0.434 e. The summed E-state index contributed by atoms with van der Waals surface area (Å²) < 4.78 is 49.9. The lowest BCUT2D eigenvalue weighted by molar-refractivity contribution is -0.137. The molecule has 0 fully saturated rings. The van der Waals surface area contributed by atoms with Crippen molar-refractivity contribution in [2.24, 2.45) is 0 Å². The Bertz CT molecular complexity index is 1090. The van der Waals surface area contributed by atoms with Crippen LogP contribution >= 0.6 is 11.6 Å². The Kier molecular flexibility index (Phi) is 4.31. The first-order valence-electron chi connectivity index (χ1n) is 7.30. The van der Waals surface area contributed by atoms with Crippen molar-refractivity contribution in [3.05, 3.63) is 38.8 Å². The molecule has 0 bridgehead atoms. The standard InChI is InChI=1S/C15H11ClF3N3O4/c1-3-25-14(24)26-13-6(2)22-10-5-8(16)7(15(17,18)19)4-9(10)20-12(23)11(22)21-13/h4-5H,3H2,1-2H3,(H,20,23). The third kappa shape index (κ3) is 2.96. The maximum absolute atomic E-state index is 13.0. The van der Waals surface area contributed by atoms with E-state index in [0.717, 1.165) is 12.1 Å². The van der Waals surface area contributed by atoms with Crippen LogP contribution in [0.4, 0.5) is 18.0 Å². The smallest absolute Gasteiger partial charge is 0.434 e. The molecule has 0 radical (unpaired) electrons. The van der Waals surface area contributed by atoms with Gasteiger partial charge in [0.25, 0.3) is 5.56 Å². The van der Waals surface area contributed by atoms with Crippen LogP contribution in [0, 0.1) is 6.92 Å². The normalized spacial score (nSPS) is 11.9. The summed E-state index contributed by atoms with van der Waals surface area (Å²) in [5.41, 5.74) is -1.70. The summed E-state index contributed by atoms with van der Waals surface area (Å²) in [6.45, 7) is 3.14. The van der Waals surface area contributed by atoms with Gasteiger partial charge in [0.2, 0.25) is 11.5 Å². The fraction of sp³-hybridized carbons (Fsp3) is 0.267. The van der Waals surface area contributed by atoms with E-state index in [2.05, 4.69) is 14.7 Å². The van der Waals surface area contributed by atoms with Crippen molar-refractivity contribution in [3.8, 4) is 5.88 Å². The fourth-order valence-corrected chi connectivity index (χ4v) is 2.76. The number of nitrogens with one attached hydrogen (secondary N) is 1. The third-order valence-electron chi connectivity index (χ3n) is 3.59. The van der Waals surface area contributed by atoms with Crippen molar-refractivity contribution in [1.82, 2.24) is 14.4 Å². The highest BCUT2D eigenvalue weighted by molar-refractivity contribution is 6.32. The van der Waals surface area contributed by atoms with Gasteiger partial charge < -0.3 is 14.5 Å². The summed E-state index contributed by atoms with van der Waals surface area (Å²) in [6.07, 6.45) is -5.70. The maximum Gasteiger partial charge on any atom is 0.515 e. The van der Waals surface area contributed by atoms with Gasteiger partial charge in [-0.05, 0) is 26.0 Å². The first-order chi connectivity index (χ1) is 12.1. The molecule has 0 spiro atoms. The van der Waals surface area contributed by atoms with E-state index >= 15 is 0 Å². The third-order valence-corrected chi connectivity index (χ3v) is 3.90. The lowest BCUT2D eigenvalue weighted by Crippen LogP contribution is -2.13. The van der Waals surface area contributed by atoms with E-state index in [1.807, 2.05) is 0 Å². The molecule has 0 unspecified atom stereocenters. The van der Waals surface area contributed by atoms with Crippen molar-refractivity contribution >= 4 is 34.4 Å². The van der Waals surface area contributed by atoms with Crippen LogP contribution in [-0.4, -0.2) is 27.1 Å². The van der Waals surface area contributed by atoms with Gasteiger partial charge in [-0.1, -0.05) is 11.6 Å². The fourth-order valence-electron chi connectivity index (χ4n) is 2.49. The minimum atomic E-state index is -4.68. The molecule has 26 heavy (non-hydrogen) atoms. The Balaban J connectivity index is 2.28. The molecule has 0 saturated carbocycles. The number of hydrogen-bond donors (Lipinski definition) is 1. The molecule has 1 aromatic carbocycles. The molecule has 0 atom stereocenters. The summed E-state index contributed by atoms with van der Waals surface area (Å²) in [4.78, 5) is 29.9. The van der Waals surface area contributed by atoms with E-state index in [-0.39, 0.29) is 34.9 Å². The van der Waals surface area contributed by atoms with E-state index in [0.29, 0.717) is 0 Å². The molecule has 0 amide bonds. The number of H-pyrrole nitrogens is 1. The Labute approximate surface area is 148 Å². The summed E-state index contributed by atoms with van der Waals surface area (Å²) in [5, 5.41) is -0.542. The van der Waals surface area contributed by atoms with Gasteiger partial charge in [0.15, 0.2) is 0 Å². The Morgan fingerprint density at radius 1 is 1.38 bits per heavy atom. The molecule has 2 aromatic heterocycles. The van der Waals surface area contributed by atoms with Crippen molar-refractivity contribution in [3.63, 3.8) is 0 Å². The summed E-state index contributed by atoms with van der Waals surface area (Å²) in [6, 6.07) is 1.80. The number of aromatic amines is 1. The highest BCUT2D eigenvalue weighted by Crippen LogP contribution is 2.37. The van der Waals surface area contributed by atoms with Crippen molar-refractivity contribution in [2.75, 3.05) is 6.61 Å². The van der Waals surface area contributed by atoms with E-state index in [1.54, 1.807) is 6.92 Å². The number of nitrogens with zero attached hydrogens (tertiary/aromatic N) is 2. The van der Waals surface area contributed by atoms with Crippen molar-refractivity contribution in [2.45, 2.75) is 20.0 Å². The second-order valence-corrected chi connectivity index (χ2v) is 5.65. The number of carbonyl (C=O) groups excluding carboxylic acids is 1. The number of ether oxygens (including phenoxy) is 2. The molecule has 0 aliphatic rings. The number of rotatable bonds is 2. The number of imidazole rings is 1. The summed E-state index contributed by atoms with van der Waals surface area (Å²) in [5.74, 6) is -0.197. The van der Waals surface area contributed by atoms with Crippen LogP contribution in [0.5, 0.6) is 5.88 Å². The van der Waals surface area contributed by atoms with Gasteiger partial charge in [0.1, 0.15) is 0 Å². The van der Waals surface area contributed by atoms with E-state index in [1.165, 1.54) is 11.3 Å². The molecule has 1 N–H and O–H groups in total. The van der Waals surface area contributed by atoms with Gasteiger partial charge in [0.05, 0.1) is 33.9 Å². The Hall–Kier alpha value is -2.75. The number of halogens is 4. The highest BCUT2D eigenvalue weighted by atomic mass is 35.5. The van der Waals surface area contributed by atoms with Gasteiger partial charge >= 0.3 is 12.3 Å². The lowest BCUT2D eigenvalue weighted by Gasteiger charge is -2.11. The van der Waals surface area contributed by atoms with Gasteiger partial charge in [-0.25, -0.2) is 4.79 Å². The average Bonchev–Trinajstić information content (AvgIpc) is 2.85. The van der Waals surface area contributed by atoms with Crippen molar-refractivity contribution in [1.29, 1.82) is 0 Å². The number of fused-ring (bicyclic) bond motifs is 3. The second-order valence-electron chi connectivity index (χ2n) is 5.25. The van der Waals surface area contributed by atoms with Crippen LogP contribution in [0.2, 0.25) is 5.02 Å². The Morgan fingerprint density at radius 2 is 2.08 bits per heavy atom. The van der Waals surface area contributed by atoms with Crippen LogP contribution in [0.3, 0.4) is 0 Å². The summed E-state index contributed by atoms with van der Waals surface area (Å²) >= 11 is 5.76. The first kappa shape index (κ1) is 18.1. The van der Waals surface area contributed by atoms with Crippen LogP contribution in [0.15, 0.2) is 16.9 Å². The largest absolute Gasteiger partial charge is 0.515 e. The predicted octanol–water partition coefficient (Wildman–Crippen LogP) is 3.69. The number of aromatic nitrogens is 3. The monoisotopic (exact) mass is 389 g/mol. The zero-order chi connectivity index (χ0) is 19.2. The van der Waals surface area contributed by atoms with Crippen LogP contribution in [0.1, 0.15) is 18.2 Å². The topological polar surface area (TPSA) is 85.7 Å². The SMILES string of the molecule is CCOC(=O)Oc1nc2c(=O)[nH]c3cc(C(F)(F)F)c(Cl)cc3n2c1C. The van der Waals surface area contributed by atoms with Crippen LogP contribution < -0.4 is 10.3 Å². The molecule has 0 saturated heterocycles. The van der Waals surface area contributed by atoms with Crippen molar-refractivity contribution < 1.29 is 27.4 Å². The zero-order valence-corrected chi connectivity index (χ0v) is 14.2. The minimum absolute atomic E-state index is 0.0740. The molecule has 138 valence electrons. The number of alkyl halides is 3. The molecule has 0 aliphatic carbocycles. The van der Waals surface area contributed by atoms with Gasteiger partial charge in [-0.3, -0.25) is 9.20 Å². The average molecular weight is 390 g/mol. The lowest BCUT2D eigenvalue weighted by atomic mass is 10.2. The van der Waals surface area contributed by atoms with Crippen LogP contribution in [0.25, 0.3) is 16.7 Å². The number of hydrogen-bond acceptors (Lipinski definition) is 5. The van der Waals surface area contributed by atoms with E-state index in [9.17, 15) is 22.8 Å². The molecule has 3 aromatic rings. The van der Waals surface area contributed by atoms with Crippen LogP contribution in [-0.2, 0) is 10.9 Å². The molecule has 3 rings (SSSR count). The number of benzene rings is 1. The highest BCUT2D eigenvalue weighted by Gasteiger charge is 2.34. The van der Waals surface area contributed by atoms with Gasteiger partial charge in [-0.15, -0.1) is 0 Å². The second kappa shape index (κ2) is 6.20. The van der Waals surface area contributed by atoms with E-state index in [4.69, 9.17) is 16.3 Å².